The number of carbonyl (C=O) groups is 2. The van der Waals surface area contributed by atoms with E-state index in [9.17, 15) is 33.5 Å². The van der Waals surface area contributed by atoms with Crippen LogP contribution in [0.3, 0.4) is 0 Å². The van der Waals surface area contributed by atoms with Gasteiger partial charge in [-0.05, 0) is 43.2 Å². The highest BCUT2D eigenvalue weighted by molar-refractivity contribution is 5.99. The molecule has 0 spiro atoms. The molecular weight excluding hydrogens is 574 g/mol. The van der Waals surface area contributed by atoms with Gasteiger partial charge in [0.1, 0.15) is 23.8 Å². The van der Waals surface area contributed by atoms with E-state index in [0.717, 1.165) is 11.6 Å². The summed E-state index contributed by atoms with van der Waals surface area (Å²) in [5.74, 6) is -3.27. The lowest BCUT2D eigenvalue weighted by molar-refractivity contribution is 0.0451. The average molecular weight is 609 g/mol. The molecule has 2 amide bonds. The molecule has 1 fully saturated rings. The summed E-state index contributed by atoms with van der Waals surface area (Å²) in [4.78, 5) is 43.0. The quantitative estimate of drug-likeness (QED) is 0.191. The van der Waals surface area contributed by atoms with Crippen molar-refractivity contribution < 1.29 is 33.4 Å². The molecule has 0 aliphatic carbocycles. The summed E-state index contributed by atoms with van der Waals surface area (Å²) < 4.78 is 35.3. The van der Waals surface area contributed by atoms with Crippen molar-refractivity contribution in [2.24, 2.45) is 10.6 Å². The molecule has 3 atom stereocenters. The van der Waals surface area contributed by atoms with Crippen molar-refractivity contribution in [3.63, 3.8) is 0 Å². The molecule has 0 radical (unpaired) electrons. The van der Waals surface area contributed by atoms with Crippen molar-refractivity contribution in [2.45, 2.75) is 58.3 Å². The van der Waals surface area contributed by atoms with Crippen LogP contribution in [-0.4, -0.2) is 56.5 Å². The number of aromatic nitrogens is 1. The Kier molecular flexibility index (Phi) is 8.82. The molecular formula is C32H34F2N4O6. The van der Waals surface area contributed by atoms with Crippen molar-refractivity contribution >= 4 is 17.5 Å². The van der Waals surface area contributed by atoms with Gasteiger partial charge < -0.3 is 29.8 Å². The van der Waals surface area contributed by atoms with Gasteiger partial charge in [-0.15, -0.1) is 0 Å². The van der Waals surface area contributed by atoms with Crippen LogP contribution >= 0.6 is 0 Å². The van der Waals surface area contributed by atoms with Crippen molar-refractivity contribution in [3.8, 4) is 5.75 Å². The third kappa shape index (κ3) is 5.94. The van der Waals surface area contributed by atoms with Crippen LogP contribution < -0.4 is 15.5 Å². The maximum absolute atomic E-state index is 14.3. The molecule has 1 aromatic heterocycles. The highest BCUT2D eigenvalue weighted by Gasteiger charge is 2.48. The molecule has 1 saturated heterocycles. The SMILES string of the molecule is C/C(C[C@@]1(C)CC[C@H](CO)N2C[C@H]1n1cc(C(=O)NCc3ccc(F)cc3F)c(=O)c(OCc3ccccc3)c1C2=O)=N/O. The number of amides is 2. The summed E-state index contributed by atoms with van der Waals surface area (Å²) in [7, 11) is 0. The molecule has 3 heterocycles. The number of halogens is 2. The third-order valence-corrected chi connectivity index (χ3v) is 8.62. The van der Waals surface area contributed by atoms with Crippen LogP contribution in [0.25, 0.3) is 0 Å². The number of hydrogen-bond donors (Lipinski definition) is 3. The standard InChI is InChI=1S/C32H34F2N4O6/c1-19(36-43)13-32(2)11-10-23(17-39)37-16-26(32)38-15-24(30(41)35-14-21-8-9-22(33)12-25(21)34)28(40)29(27(38)31(37)42)44-18-20-6-4-3-5-7-20/h3-9,12,15,23,26,39,43H,10-11,13-14,16-18H2,1-2H3,(H,35,41)/b36-19-/t23-,26-,32-/m1/s1. The zero-order valence-electron chi connectivity index (χ0n) is 24.4. The first-order valence-corrected chi connectivity index (χ1v) is 14.3. The number of hydrogen-bond acceptors (Lipinski definition) is 7. The molecule has 44 heavy (non-hydrogen) atoms. The number of pyridine rings is 1. The Morgan fingerprint density at radius 2 is 1.93 bits per heavy atom. The maximum Gasteiger partial charge on any atom is 0.274 e. The van der Waals surface area contributed by atoms with E-state index in [1.165, 1.54) is 12.3 Å². The van der Waals surface area contributed by atoms with E-state index in [1.807, 2.05) is 13.0 Å². The molecule has 3 N–H and O–H groups in total. The summed E-state index contributed by atoms with van der Waals surface area (Å²) in [5, 5.41) is 25.6. The predicted octanol–water partition coefficient (Wildman–Crippen LogP) is 4.03. The molecule has 0 unspecified atom stereocenters. The van der Waals surface area contributed by atoms with Gasteiger partial charge in [0.25, 0.3) is 11.8 Å². The number of nitrogens with one attached hydrogen (secondary N) is 1. The van der Waals surface area contributed by atoms with E-state index in [-0.39, 0.29) is 48.9 Å². The molecule has 2 aliphatic rings. The Bertz CT molecular complexity index is 1660. The van der Waals surface area contributed by atoms with Crippen LogP contribution in [0.2, 0.25) is 0 Å². The monoisotopic (exact) mass is 608 g/mol. The van der Waals surface area contributed by atoms with E-state index >= 15 is 0 Å². The van der Waals surface area contributed by atoms with Crippen LogP contribution in [0, 0.1) is 17.0 Å². The van der Waals surface area contributed by atoms with E-state index < -0.39 is 46.4 Å². The lowest BCUT2D eigenvalue weighted by Crippen LogP contribution is -2.51. The smallest absolute Gasteiger partial charge is 0.274 e. The van der Waals surface area contributed by atoms with Gasteiger partial charge in [0.05, 0.1) is 24.4 Å². The fraction of sp³-hybridized carbons (Fsp3) is 0.375. The molecule has 5 rings (SSSR count). The number of benzene rings is 2. The minimum absolute atomic E-state index is 0.0225. The second-order valence-electron chi connectivity index (χ2n) is 11.7. The number of ether oxygens (including phenoxy) is 1. The lowest BCUT2D eigenvalue weighted by atomic mass is 9.74. The molecule has 12 heteroatoms. The second kappa shape index (κ2) is 12.6. The van der Waals surface area contributed by atoms with Crippen molar-refractivity contribution in [2.75, 3.05) is 13.2 Å². The Hall–Kier alpha value is -4.58. The summed E-state index contributed by atoms with van der Waals surface area (Å²) >= 11 is 0. The number of rotatable bonds is 9. The topological polar surface area (TPSA) is 133 Å². The Labute approximate surface area is 252 Å². The first-order chi connectivity index (χ1) is 21.1. The second-order valence-corrected chi connectivity index (χ2v) is 11.7. The van der Waals surface area contributed by atoms with Gasteiger partial charge in [-0.25, -0.2) is 8.78 Å². The molecule has 3 aromatic rings. The molecule has 2 aromatic carbocycles. The molecule has 2 bridgehead atoms. The molecule has 232 valence electrons. The Morgan fingerprint density at radius 3 is 2.61 bits per heavy atom. The summed E-state index contributed by atoms with van der Waals surface area (Å²) in [6, 6.07) is 11.0. The van der Waals surface area contributed by atoms with E-state index in [1.54, 1.807) is 40.7 Å². The van der Waals surface area contributed by atoms with E-state index in [0.29, 0.717) is 31.0 Å². The zero-order valence-corrected chi connectivity index (χ0v) is 24.4. The first-order valence-electron chi connectivity index (χ1n) is 14.3. The molecule has 2 aliphatic heterocycles. The van der Waals surface area contributed by atoms with Gasteiger partial charge in [0, 0.05) is 30.9 Å². The van der Waals surface area contributed by atoms with Gasteiger partial charge in [-0.2, -0.15) is 0 Å². The number of nitrogens with zero attached hydrogens (tertiary/aromatic N) is 3. The molecule has 0 saturated carbocycles. The van der Waals surface area contributed by atoms with Gasteiger partial charge in [-0.1, -0.05) is 48.5 Å². The van der Waals surface area contributed by atoms with E-state index in [2.05, 4.69) is 10.5 Å². The van der Waals surface area contributed by atoms with E-state index in [4.69, 9.17) is 4.74 Å². The fourth-order valence-electron chi connectivity index (χ4n) is 6.22. The summed E-state index contributed by atoms with van der Waals surface area (Å²) in [6.45, 7) is 3.17. The van der Waals surface area contributed by atoms with Crippen molar-refractivity contribution in [1.29, 1.82) is 0 Å². The van der Waals surface area contributed by atoms with Crippen molar-refractivity contribution in [1.82, 2.24) is 14.8 Å². The number of carbonyl (C=O) groups excluding carboxylic acids is 2. The maximum atomic E-state index is 14.3. The number of oxime groups is 1. The Balaban J connectivity index is 1.63. The fourth-order valence-corrected chi connectivity index (χ4v) is 6.22. The van der Waals surface area contributed by atoms with Crippen LogP contribution in [-0.2, 0) is 13.2 Å². The largest absolute Gasteiger partial charge is 0.483 e. The zero-order chi connectivity index (χ0) is 31.6. The highest BCUT2D eigenvalue weighted by atomic mass is 19.1. The normalized spacial score (nSPS) is 21.4. The van der Waals surface area contributed by atoms with Crippen LogP contribution in [0.15, 0.2) is 64.7 Å². The van der Waals surface area contributed by atoms with Crippen LogP contribution in [0.5, 0.6) is 5.75 Å². The van der Waals surface area contributed by atoms with Gasteiger partial charge in [0.2, 0.25) is 5.43 Å². The predicted molar refractivity (Wildman–Crippen MR) is 157 cm³/mol. The third-order valence-electron chi connectivity index (χ3n) is 8.62. The van der Waals surface area contributed by atoms with Gasteiger partial charge >= 0.3 is 0 Å². The summed E-state index contributed by atoms with van der Waals surface area (Å²) in [6.07, 6.45) is 2.66. The first kappa shape index (κ1) is 30.9. The lowest BCUT2D eigenvalue weighted by Gasteiger charge is -2.44. The van der Waals surface area contributed by atoms with Crippen LogP contribution in [0.1, 0.15) is 71.1 Å². The Morgan fingerprint density at radius 1 is 1.18 bits per heavy atom. The number of aliphatic hydroxyl groups is 1. The average Bonchev–Trinajstić information content (AvgIpc) is 3.13. The number of aliphatic hydroxyl groups excluding tert-OH is 1. The molecule has 10 nitrogen and oxygen atoms in total. The van der Waals surface area contributed by atoms with Crippen LogP contribution in [0.4, 0.5) is 8.78 Å². The van der Waals surface area contributed by atoms with Crippen molar-refractivity contribution in [3.05, 3.63) is 99.0 Å². The summed E-state index contributed by atoms with van der Waals surface area (Å²) in [5.41, 5.74) is -0.610. The van der Waals surface area contributed by atoms with Gasteiger partial charge in [0.15, 0.2) is 11.4 Å². The number of fused-ring (bicyclic) bond motifs is 4. The highest BCUT2D eigenvalue weighted by Crippen LogP contribution is 2.47. The minimum atomic E-state index is -0.849. The van der Waals surface area contributed by atoms with Gasteiger partial charge in [-0.3, -0.25) is 14.4 Å². The minimum Gasteiger partial charge on any atom is -0.483 e.